The van der Waals surface area contributed by atoms with E-state index in [2.05, 4.69) is 211 Å². The van der Waals surface area contributed by atoms with Gasteiger partial charge in [-0.3, -0.25) is 0 Å². The Balaban J connectivity index is 0.649. The van der Waals surface area contributed by atoms with Gasteiger partial charge in [-0.2, -0.15) is 0 Å². The first kappa shape index (κ1) is 51.0. The Hall–Kier alpha value is -5.16. The first-order chi connectivity index (χ1) is 38.0. The lowest BCUT2D eigenvalue weighted by Gasteiger charge is -1.96. The summed E-state index contributed by atoms with van der Waals surface area (Å²) in [5.41, 5.74) is 10.7. The standard InChI is InChI=1S/C66H46S12/c1-35-29-55(41-13-9-7-10-14-41)73-61(35)49-23-17-43(67-49)45-19-25-51(69-45)63-37(3)31-57(75-63)59-33-39(5)65(77-59)53-27-21-47(71-53)48-22-28-54(72-48)66-40(6)34-60(78-66)58-32-38(4)64(76-58)52-26-20-46(70-52)44-18-24-50(68-44)62-36(2)30-56(74-62)42-15-11-8-12-16-42/h7-34H,1-6H3. The zero-order valence-corrected chi connectivity index (χ0v) is 52.9. The molecule has 0 aliphatic heterocycles. The molecule has 0 amide bonds. The van der Waals surface area contributed by atoms with Crippen LogP contribution >= 0.6 is 136 Å². The van der Waals surface area contributed by atoms with Gasteiger partial charge in [0.1, 0.15) is 0 Å². The molecule has 0 saturated heterocycles. The molecule has 12 aromatic heterocycles. The van der Waals surface area contributed by atoms with Crippen LogP contribution in [0.5, 0.6) is 0 Å². The van der Waals surface area contributed by atoms with Crippen molar-refractivity contribution in [3.8, 4) is 128 Å². The number of benzene rings is 2. The monoisotopic (exact) mass is 1220 g/mol. The highest BCUT2D eigenvalue weighted by Crippen LogP contribution is 2.53. The van der Waals surface area contributed by atoms with E-state index in [1.165, 1.54) is 162 Å². The minimum Gasteiger partial charge on any atom is -0.134 e. The molecule has 12 heteroatoms. The molecule has 0 fully saturated rings. The van der Waals surface area contributed by atoms with Gasteiger partial charge in [0, 0.05) is 117 Å². The van der Waals surface area contributed by atoms with Gasteiger partial charge in [-0.25, -0.2) is 0 Å². The van der Waals surface area contributed by atoms with E-state index in [9.17, 15) is 0 Å². The van der Waals surface area contributed by atoms with Gasteiger partial charge >= 0.3 is 0 Å². The molecule has 0 spiro atoms. The zero-order valence-electron chi connectivity index (χ0n) is 43.1. The van der Waals surface area contributed by atoms with Crippen molar-refractivity contribution in [3.63, 3.8) is 0 Å². The fourth-order valence-electron chi connectivity index (χ4n) is 9.89. The van der Waals surface area contributed by atoms with Gasteiger partial charge in [-0.1, -0.05) is 60.7 Å². The SMILES string of the molecule is Cc1cc(-c2ccccc2)sc1-c1ccc(-c2ccc(-c3sc(-c4cc(C)c(-c5ccc(-c6ccc(-c7sc(-c8cc(C)c(-c9ccc(-c%10ccc(-c%11sc(-c%12ccccc%12)cc%11C)s%10)s9)s8)cc7C)s6)s5)s4)cc3C)s2)s1. The van der Waals surface area contributed by atoms with Crippen molar-refractivity contribution < 1.29 is 0 Å². The van der Waals surface area contributed by atoms with Crippen LogP contribution in [0, 0.1) is 41.5 Å². The lowest BCUT2D eigenvalue weighted by molar-refractivity contribution is 1.54. The Morgan fingerprint density at radius 3 is 0.564 bits per heavy atom. The highest BCUT2D eigenvalue weighted by Gasteiger charge is 2.22. The summed E-state index contributed by atoms with van der Waals surface area (Å²) in [6.07, 6.45) is 0. The van der Waals surface area contributed by atoms with Gasteiger partial charge in [-0.15, -0.1) is 136 Å². The van der Waals surface area contributed by atoms with Crippen molar-refractivity contribution in [3.05, 3.63) is 203 Å². The molecule has 0 saturated carbocycles. The number of rotatable bonds is 13. The number of aryl methyl sites for hydroxylation is 6. The molecule has 12 heterocycles. The minimum absolute atomic E-state index is 1.29. The van der Waals surface area contributed by atoms with Crippen molar-refractivity contribution in [2.75, 3.05) is 0 Å². The molecule has 0 radical (unpaired) electrons. The molecule has 382 valence electrons. The first-order valence-electron chi connectivity index (χ1n) is 25.4. The third kappa shape index (κ3) is 9.69. The Kier molecular flexibility index (Phi) is 13.8. The second-order valence-corrected chi connectivity index (χ2v) is 32.3. The Bertz CT molecular complexity index is 4180. The summed E-state index contributed by atoms with van der Waals surface area (Å²) in [6.45, 7) is 13.6. The fraction of sp³-hybridized carbons (Fsp3) is 0.0909. The summed E-state index contributed by atoms with van der Waals surface area (Å²) in [4.78, 5) is 32.4. The third-order valence-corrected chi connectivity index (χ3v) is 29.9. The van der Waals surface area contributed by atoms with E-state index in [1.807, 2.05) is 136 Å². The Labute approximate surface area is 503 Å². The molecule has 0 nitrogen and oxygen atoms in total. The van der Waals surface area contributed by atoms with Crippen LogP contribution in [0.1, 0.15) is 33.4 Å². The molecule has 0 N–H and O–H groups in total. The number of thiophene rings is 12. The first-order valence-corrected chi connectivity index (χ1v) is 35.2. The van der Waals surface area contributed by atoms with Crippen molar-refractivity contribution >= 4 is 136 Å². The number of hydrogen-bond donors (Lipinski definition) is 0. The van der Waals surface area contributed by atoms with Crippen LogP contribution in [0.4, 0.5) is 0 Å². The van der Waals surface area contributed by atoms with Crippen LogP contribution in [0.15, 0.2) is 170 Å². The van der Waals surface area contributed by atoms with Crippen LogP contribution in [-0.4, -0.2) is 0 Å². The molecule has 0 atom stereocenters. The van der Waals surface area contributed by atoms with E-state index in [0.717, 1.165) is 0 Å². The molecule has 0 bridgehead atoms. The van der Waals surface area contributed by atoms with E-state index >= 15 is 0 Å². The highest BCUT2D eigenvalue weighted by atomic mass is 32.1. The lowest BCUT2D eigenvalue weighted by atomic mass is 10.1. The van der Waals surface area contributed by atoms with Gasteiger partial charge in [0.25, 0.3) is 0 Å². The van der Waals surface area contributed by atoms with Gasteiger partial charge in [0.15, 0.2) is 0 Å². The van der Waals surface area contributed by atoms with Crippen LogP contribution in [0.2, 0.25) is 0 Å². The minimum atomic E-state index is 1.29. The largest absolute Gasteiger partial charge is 0.134 e. The topological polar surface area (TPSA) is 0 Å². The summed E-state index contributed by atoms with van der Waals surface area (Å²) >= 11 is 23.0. The summed E-state index contributed by atoms with van der Waals surface area (Å²) in [5, 5.41) is 0. The second kappa shape index (κ2) is 21.1. The predicted octanol–water partition coefficient (Wildman–Crippen LogP) is 25.9. The quantitative estimate of drug-likeness (QED) is 0.108. The Morgan fingerprint density at radius 1 is 0.167 bits per heavy atom. The van der Waals surface area contributed by atoms with Crippen LogP contribution in [0.25, 0.3) is 128 Å². The molecular formula is C66H46S12. The maximum atomic E-state index is 2.40. The Morgan fingerprint density at radius 2 is 0.346 bits per heavy atom. The van der Waals surface area contributed by atoms with Crippen LogP contribution in [0.3, 0.4) is 0 Å². The highest BCUT2D eigenvalue weighted by molar-refractivity contribution is 7.33. The van der Waals surface area contributed by atoms with Gasteiger partial charge in [0.05, 0.1) is 0 Å². The maximum Gasteiger partial charge on any atom is 0.0478 e. The molecule has 2 aromatic carbocycles. The van der Waals surface area contributed by atoms with Crippen molar-refractivity contribution in [1.82, 2.24) is 0 Å². The molecular weight excluding hydrogens is 1180 g/mol. The molecule has 0 aliphatic rings. The summed E-state index contributed by atoms with van der Waals surface area (Å²) < 4.78 is 0. The molecule has 14 aromatic rings. The van der Waals surface area contributed by atoms with Crippen molar-refractivity contribution in [1.29, 1.82) is 0 Å². The normalized spacial score (nSPS) is 11.7. The van der Waals surface area contributed by atoms with E-state index in [4.69, 9.17) is 0 Å². The van der Waals surface area contributed by atoms with Gasteiger partial charge in [0.2, 0.25) is 0 Å². The molecule has 0 unspecified atom stereocenters. The molecule has 14 rings (SSSR count). The number of hydrogen-bond acceptors (Lipinski definition) is 12. The van der Waals surface area contributed by atoms with Crippen LogP contribution in [-0.2, 0) is 0 Å². The second-order valence-electron chi connectivity index (χ2n) is 19.5. The molecule has 0 aliphatic carbocycles. The van der Waals surface area contributed by atoms with E-state index in [-0.39, 0.29) is 0 Å². The summed E-state index contributed by atoms with van der Waals surface area (Å²) in [6, 6.07) is 63.7. The third-order valence-electron chi connectivity index (χ3n) is 13.8. The van der Waals surface area contributed by atoms with E-state index < -0.39 is 0 Å². The van der Waals surface area contributed by atoms with Crippen molar-refractivity contribution in [2.24, 2.45) is 0 Å². The van der Waals surface area contributed by atoms with E-state index in [1.54, 1.807) is 0 Å². The summed E-state index contributed by atoms with van der Waals surface area (Å²) in [5.74, 6) is 0. The van der Waals surface area contributed by atoms with E-state index in [0.29, 0.717) is 0 Å². The van der Waals surface area contributed by atoms with Crippen molar-refractivity contribution in [2.45, 2.75) is 41.5 Å². The fourth-order valence-corrected chi connectivity index (χ4v) is 24.4. The maximum absolute atomic E-state index is 2.40. The average Bonchev–Trinajstić information content (AvgIpc) is 4.37. The van der Waals surface area contributed by atoms with Crippen LogP contribution < -0.4 is 0 Å². The van der Waals surface area contributed by atoms with Gasteiger partial charge in [-0.05, 0) is 195 Å². The zero-order chi connectivity index (χ0) is 52.8. The summed E-state index contributed by atoms with van der Waals surface area (Å²) in [7, 11) is 0. The lowest BCUT2D eigenvalue weighted by Crippen LogP contribution is -1.68. The molecule has 78 heavy (non-hydrogen) atoms. The predicted molar refractivity (Wildman–Crippen MR) is 360 cm³/mol. The van der Waals surface area contributed by atoms with Gasteiger partial charge < -0.3 is 0 Å². The average molecular weight is 1220 g/mol. The smallest absolute Gasteiger partial charge is 0.0478 e.